The van der Waals surface area contributed by atoms with Gasteiger partial charge in [-0.1, -0.05) is 30.3 Å². The second-order valence-corrected chi connectivity index (χ2v) is 7.10. The van der Waals surface area contributed by atoms with Crippen LogP contribution in [0.3, 0.4) is 0 Å². The molecule has 0 radical (unpaired) electrons. The number of ether oxygens (including phenoxy) is 1. The smallest absolute Gasteiger partial charge is 0.409 e. The molecule has 1 amide bonds. The van der Waals surface area contributed by atoms with Gasteiger partial charge in [0.1, 0.15) is 5.82 Å². The van der Waals surface area contributed by atoms with Gasteiger partial charge in [-0.3, -0.25) is 0 Å². The maximum Gasteiger partial charge on any atom is 0.409 e. The van der Waals surface area contributed by atoms with Crippen molar-refractivity contribution >= 4 is 17.9 Å². The van der Waals surface area contributed by atoms with Crippen LogP contribution in [0.2, 0.25) is 0 Å². The Morgan fingerprint density at radius 3 is 2.50 bits per heavy atom. The van der Waals surface area contributed by atoms with E-state index in [9.17, 15) is 4.79 Å². The van der Waals surface area contributed by atoms with Crippen molar-refractivity contribution in [2.45, 2.75) is 33.4 Å². The summed E-state index contributed by atoms with van der Waals surface area (Å²) in [6.45, 7) is 9.98. The SMILES string of the molecule is CCOC(=O)N1CCN(c2nccc(N(Cc3ccccc3)C(C)C)n2)CC1. The molecule has 0 N–H and O–H groups in total. The van der Waals surface area contributed by atoms with E-state index in [1.54, 1.807) is 4.90 Å². The molecule has 1 aliphatic heterocycles. The molecule has 3 rings (SSSR count). The molecule has 1 aromatic carbocycles. The Morgan fingerprint density at radius 2 is 1.86 bits per heavy atom. The highest BCUT2D eigenvalue weighted by Crippen LogP contribution is 2.21. The van der Waals surface area contributed by atoms with E-state index >= 15 is 0 Å². The lowest BCUT2D eigenvalue weighted by Crippen LogP contribution is -2.49. The largest absolute Gasteiger partial charge is 0.450 e. The van der Waals surface area contributed by atoms with Gasteiger partial charge in [0.2, 0.25) is 5.95 Å². The Kier molecular flexibility index (Phi) is 6.68. The van der Waals surface area contributed by atoms with Crippen LogP contribution in [0.4, 0.5) is 16.6 Å². The molecule has 1 aliphatic rings. The molecule has 0 atom stereocenters. The first-order chi connectivity index (χ1) is 13.6. The molecular formula is C21H29N5O2. The van der Waals surface area contributed by atoms with Gasteiger partial charge >= 0.3 is 6.09 Å². The zero-order chi connectivity index (χ0) is 19.9. The number of amides is 1. The maximum atomic E-state index is 11.9. The summed E-state index contributed by atoms with van der Waals surface area (Å²) >= 11 is 0. The standard InChI is InChI=1S/C21H29N5O2/c1-4-28-21(27)25-14-12-24(13-15-25)20-22-11-10-19(23-20)26(17(2)3)16-18-8-6-5-7-9-18/h5-11,17H,4,12-16H2,1-3H3. The predicted molar refractivity (Wildman–Crippen MR) is 111 cm³/mol. The van der Waals surface area contributed by atoms with Crippen LogP contribution in [0.1, 0.15) is 26.3 Å². The summed E-state index contributed by atoms with van der Waals surface area (Å²) in [5.41, 5.74) is 1.25. The summed E-state index contributed by atoms with van der Waals surface area (Å²) in [4.78, 5) is 27.3. The van der Waals surface area contributed by atoms with E-state index in [2.05, 4.69) is 52.9 Å². The number of nitrogens with zero attached hydrogens (tertiary/aromatic N) is 5. The Balaban J connectivity index is 1.70. The number of anilines is 2. The van der Waals surface area contributed by atoms with Crippen molar-refractivity contribution in [1.82, 2.24) is 14.9 Å². The second-order valence-electron chi connectivity index (χ2n) is 7.10. The van der Waals surface area contributed by atoms with E-state index in [1.165, 1.54) is 5.56 Å². The molecule has 2 aromatic rings. The van der Waals surface area contributed by atoms with Crippen LogP contribution in [0.15, 0.2) is 42.6 Å². The van der Waals surface area contributed by atoms with Crippen LogP contribution < -0.4 is 9.80 Å². The van der Waals surface area contributed by atoms with E-state index in [4.69, 9.17) is 9.72 Å². The molecule has 0 bridgehead atoms. The lowest BCUT2D eigenvalue weighted by atomic mass is 10.2. The third-order valence-electron chi connectivity index (χ3n) is 4.83. The summed E-state index contributed by atoms with van der Waals surface area (Å²) in [6.07, 6.45) is 1.57. The van der Waals surface area contributed by atoms with E-state index in [1.807, 2.05) is 25.3 Å². The monoisotopic (exact) mass is 383 g/mol. The molecule has 0 spiro atoms. The molecule has 28 heavy (non-hydrogen) atoms. The van der Waals surface area contributed by atoms with Gasteiger partial charge in [-0.15, -0.1) is 0 Å². The van der Waals surface area contributed by atoms with Crippen LogP contribution in [0, 0.1) is 0 Å². The van der Waals surface area contributed by atoms with Gasteiger partial charge in [0.15, 0.2) is 0 Å². The summed E-state index contributed by atoms with van der Waals surface area (Å²) in [7, 11) is 0. The number of carbonyl (C=O) groups excluding carboxylic acids is 1. The number of benzene rings is 1. The summed E-state index contributed by atoms with van der Waals surface area (Å²) in [5.74, 6) is 1.62. The number of piperazine rings is 1. The molecule has 1 aromatic heterocycles. The highest BCUT2D eigenvalue weighted by Gasteiger charge is 2.24. The van der Waals surface area contributed by atoms with Crippen molar-refractivity contribution in [3.63, 3.8) is 0 Å². The first-order valence-electron chi connectivity index (χ1n) is 9.88. The molecular weight excluding hydrogens is 354 g/mol. The topological polar surface area (TPSA) is 61.8 Å². The highest BCUT2D eigenvalue weighted by molar-refractivity contribution is 5.68. The number of hydrogen-bond acceptors (Lipinski definition) is 6. The third kappa shape index (κ3) is 4.91. The molecule has 0 unspecified atom stereocenters. The molecule has 150 valence electrons. The fraction of sp³-hybridized carbons (Fsp3) is 0.476. The summed E-state index contributed by atoms with van der Waals surface area (Å²) in [5, 5.41) is 0. The van der Waals surface area contributed by atoms with E-state index in [-0.39, 0.29) is 6.09 Å². The van der Waals surface area contributed by atoms with E-state index in [0.717, 1.165) is 12.4 Å². The van der Waals surface area contributed by atoms with Gasteiger partial charge in [-0.25, -0.2) is 9.78 Å². The van der Waals surface area contributed by atoms with Crippen LogP contribution in [-0.2, 0) is 11.3 Å². The quantitative estimate of drug-likeness (QED) is 0.764. The molecule has 0 saturated carbocycles. The van der Waals surface area contributed by atoms with Crippen molar-refractivity contribution < 1.29 is 9.53 Å². The Labute approximate surface area is 166 Å². The second kappa shape index (κ2) is 9.39. The van der Waals surface area contributed by atoms with Gasteiger partial charge in [0.25, 0.3) is 0 Å². The summed E-state index contributed by atoms with van der Waals surface area (Å²) < 4.78 is 5.09. The normalized spacial score (nSPS) is 14.3. The minimum Gasteiger partial charge on any atom is -0.450 e. The van der Waals surface area contributed by atoms with Crippen molar-refractivity contribution in [3.8, 4) is 0 Å². The van der Waals surface area contributed by atoms with Crippen molar-refractivity contribution in [2.75, 3.05) is 42.6 Å². The van der Waals surface area contributed by atoms with Gasteiger partial charge in [0, 0.05) is 45.0 Å². The maximum absolute atomic E-state index is 11.9. The van der Waals surface area contributed by atoms with Gasteiger partial charge in [-0.2, -0.15) is 4.98 Å². The highest BCUT2D eigenvalue weighted by atomic mass is 16.6. The fourth-order valence-corrected chi connectivity index (χ4v) is 3.26. The number of aromatic nitrogens is 2. The average Bonchev–Trinajstić information content (AvgIpc) is 2.73. The first-order valence-corrected chi connectivity index (χ1v) is 9.88. The Hall–Kier alpha value is -2.83. The molecule has 1 fully saturated rings. The predicted octanol–water partition coefficient (Wildman–Crippen LogP) is 3.17. The number of carbonyl (C=O) groups is 1. The number of hydrogen-bond donors (Lipinski definition) is 0. The number of rotatable bonds is 6. The van der Waals surface area contributed by atoms with Crippen molar-refractivity contribution in [3.05, 3.63) is 48.2 Å². The van der Waals surface area contributed by atoms with Crippen molar-refractivity contribution in [1.29, 1.82) is 0 Å². The molecule has 0 aliphatic carbocycles. The Bertz CT molecular complexity index is 760. The minimum atomic E-state index is -0.245. The third-order valence-corrected chi connectivity index (χ3v) is 4.83. The Morgan fingerprint density at radius 1 is 1.14 bits per heavy atom. The molecule has 1 saturated heterocycles. The van der Waals surface area contributed by atoms with Gasteiger partial charge in [-0.05, 0) is 32.4 Å². The zero-order valence-electron chi connectivity index (χ0n) is 16.9. The van der Waals surface area contributed by atoms with Gasteiger partial charge < -0.3 is 19.4 Å². The van der Waals surface area contributed by atoms with Gasteiger partial charge in [0.05, 0.1) is 6.61 Å². The lowest BCUT2D eigenvalue weighted by molar-refractivity contribution is 0.105. The van der Waals surface area contributed by atoms with E-state index in [0.29, 0.717) is 44.8 Å². The molecule has 7 heteroatoms. The lowest BCUT2D eigenvalue weighted by Gasteiger charge is -2.34. The molecule has 2 heterocycles. The minimum absolute atomic E-state index is 0.245. The van der Waals surface area contributed by atoms with Crippen LogP contribution >= 0.6 is 0 Å². The fourth-order valence-electron chi connectivity index (χ4n) is 3.26. The first kappa shape index (κ1) is 19.9. The van der Waals surface area contributed by atoms with Crippen LogP contribution in [0.25, 0.3) is 0 Å². The zero-order valence-corrected chi connectivity index (χ0v) is 16.9. The van der Waals surface area contributed by atoms with Crippen LogP contribution in [-0.4, -0.2) is 59.8 Å². The van der Waals surface area contributed by atoms with Crippen LogP contribution in [0.5, 0.6) is 0 Å². The summed E-state index contributed by atoms with van der Waals surface area (Å²) in [6, 6.07) is 12.7. The van der Waals surface area contributed by atoms with Crippen molar-refractivity contribution in [2.24, 2.45) is 0 Å². The average molecular weight is 383 g/mol. The molecule has 7 nitrogen and oxygen atoms in total. The van der Waals surface area contributed by atoms with E-state index < -0.39 is 0 Å².